The fourth-order valence-corrected chi connectivity index (χ4v) is 3.10. The van der Waals surface area contributed by atoms with Crippen LogP contribution in [0.1, 0.15) is 129 Å². The molecule has 0 saturated heterocycles. The Morgan fingerprint density at radius 2 is 1.04 bits per heavy atom. The van der Waals surface area contributed by atoms with Crippen LogP contribution in [0.3, 0.4) is 0 Å². The van der Waals surface area contributed by atoms with E-state index in [0.717, 1.165) is 19.3 Å². The lowest BCUT2D eigenvalue weighted by atomic mass is 10.0. The summed E-state index contributed by atoms with van der Waals surface area (Å²) >= 11 is 5.13. The van der Waals surface area contributed by atoms with Gasteiger partial charge >= 0.3 is 5.97 Å². The highest BCUT2D eigenvalue weighted by Gasteiger charge is 1.97. The molecule has 0 spiro atoms. The van der Waals surface area contributed by atoms with Crippen LogP contribution >= 0.6 is 11.6 Å². The summed E-state index contributed by atoms with van der Waals surface area (Å²) in [7, 11) is 0. The number of carbonyl (C=O) groups is 1. The van der Waals surface area contributed by atoms with Crippen LogP contribution in [-0.2, 0) is 4.79 Å². The molecule has 4 heteroatoms. The highest BCUT2D eigenvalue weighted by molar-refractivity contribution is 6.19. The smallest absolute Gasteiger partial charge is 0.303 e. The van der Waals surface area contributed by atoms with E-state index in [1.807, 2.05) is 6.92 Å². The second kappa shape index (κ2) is 24.7. The van der Waals surface area contributed by atoms with Gasteiger partial charge in [0.25, 0.3) is 0 Å². The minimum absolute atomic E-state index is 0.345. The first-order valence-corrected chi connectivity index (χ1v) is 11.5. The predicted octanol–water partition coefficient (Wildman–Crippen LogP) is 7.68. The minimum Gasteiger partial charge on any atom is -0.481 e. The molecule has 3 nitrogen and oxygen atoms in total. The van der Waals surface area contributed by atoms with Crippen molar-refractivity contribution >= 4 is 17.6 Å². The van der Waals surface area contributed by atoms with Gasteiger partial charge in [-0.25, -0.2) is 0 Å². The van der Waals surface area contributed by atoms with Gasteiger partial charge in [-0.2, -0.15) is 0 Å². The van der Waals surface area contributed by atoms with Crippen molar-refractivity contribution in [1.82, 2.24) is 0 Å². The molecule has 2 N–H and O–H groups in total. The SMILES string of the molecule is CCCC(O)Cl.CCCCCCCCCCCCCCCCCC(=O)O. The second-order valence-corrected chi connectivity index (χ2v) is 7.82. The number of hydrogen-bond donors (Lipinski definition) is 2. The highest BCUT2D eigenvalue weighted by atomic mass is 35.5. The third-order valence-corrected chi connectivity index (χ3v) is 4.74. The average Bonchev–Trinajstić information content (AvgIpc) is 2.58. The molecule has 0 aliphatic carbocycles. The van der Waals surface area contributed by atoms with Crippen molar-refractivity contribution in [2.75, 3.05) is 0 Å². The summed E-state index contributed by atoms with van der Waals surface area (Å²) in [6.45, 7) is 4.25. The van der Waals surface area contributed by atoms with Crippen molar-refractivity contribution in [3.05, 3.63) is 0 Å². The van der Waals surface area contributed by atoms with Gasteiger partial charge in [0.15, 0.2) is 0 Å². The predicted molar refractivity (Wildman–Crippen MR) is 114 cm³/mol. The van der Waals surface area contributed by atoms with Crippen LogP contribution in [0.2, 0.25) is 0 Å². The standard InChI is InChI=1S/C18H36O2.C4H9ClO/c1-2-3-4-5-6-7-8-9-10-11-12-13-14-15-16-17-18(19)20;1-2-3-4(5)6/h2-17H2,1H3,(H,19,20);4,6H,2-3H2,1H3. The molecular weight excluding hydrogens is 348 g/mol. The maximum absolute atomic E-state index is 10.3. The molecule has 0 amide bonds. The normalized spacial score (nSPS) is 11.7. The molecular formula is C22H45ClO3. The minimum atomic E-state index is -0.653. The molecule has 0 aromatic heterocycles. The molecule has 1 unspecified atom stereocenters. The Bertz CT molecular complexity index is 270. The van der Waals surface area contributed by atoms with Crippen LogP contribution in [0.4, 0.5) is 0 Å². The monoisotopic (exact) mass is 392 g/mol. The fourth-order valence-electron chi connectivity index (χ4n) is 2.89. The zero-order valence-corrected chi connectivity index (χ0v) is 18.2. The Morgan fingerprint density at radius 1 is 0.692 bits per heavy atom. The molecule has 0 aromatic rings. The third-order valence-electron chi connectivity index (χ3n) is 4.52. The van der Waals surface area contributed by atoms with Crippen molar-refractivity contribution in [2.24, 2.45) is 0 Å². The zero-order chi connectivity index (χ0) is 19.9. The number of rotatable bonds is 18. The van der Waals surface area contributed by atoms with E-state index >= 15 is 0 Å². The van der Waals surface area contributed by atoms with Gasteiger partial charge in [0.2, 0.25) is 0 Å². The van der Waals surface area contributed by atoms with E-state index in [0.29, 0.717) is 12.8 Å². The summed E-state index contributed by atoms with van der Waals surface area (Å²) in [5.41, 5.74) is -0.630. The lowest BCUT2D eigenvalue weighted by Crippen LogP contribution is -1.93. The van der Waals surface area contributed by atoms with Crippen LogP contribution in [0.15, 0.2) is 0 Å². The van der Waals surface area contributed by atoms with E-state index in [4.69, 9.17) is 21.8 Å². The number of halogens is 1. The van der Waals surface area contributed by atoms with Gasteiger partial charge in [-0.1, -0.05) is 122 Å². The van der Waals surface area contributed by atoms with Crippen molar-refractivity contribution in [1.29, 1.82) is 0 Å². The third kappa shape index (κ3) is 31.5. The van der Waals surface area contributed by atoms with Gasteiger partial charge in [0, 0.05) is 6.42 Å². The molecule has 0 bridgehead atoms. The zero-order valence-electron chi connectivity index (χ0n) is 17.5. The molecule has 0 fully saturated rings. The number of carboxylic acid groups (broad SMARTS) is 1. The number of aliphatic hydroxyl groups excluding tert-OH is 1. The van der Waals surface area contributed by atoms with Crippen LogP contribution < -0.4 is 0 Å². The number of aliphatic carboxylic acids is 1. The van der Waals surface area contributed by atoms with Gasteiger partial charge < -0.3 is 10.2 Å². The van der Waals surface area contributed by atoms with Gasteiger partial charge in [0.1, 0.15) is 5.56 Å². The van der Waals surface area contributed by atoms with Crippen LogP contribution in [0, 0.1) is 0 Å². The Kier molecular flexibility index (Phi) is 26.6. The first-order valence-electron chi connectivity index (χ1n) is 11.1. The van der Waals surface area contributed by atoms with Gasteiger partial charge in [-0.15, -0.1) is 0 Å². The molecule has 26 heavy (non-hydrogen) atoms. The molecule has 0 aliphatic rings. The van der Waals surface area contributed by atoms with Crippen molar-refractivity contribution in [2.45, 2.75) is 135 Å². The summed E-state index contributed by atoms with van der Waals surface area (Å²) < 4.78 is 0. The Morgan fingerprint density at radius 3 is 1.27 bits per heavy atom. The van der Waals surface area contributed by atoms with Gasteiger partial charge in [0.05, 0.1) is 0 Å². The van der Waals surface area contributed by atoms with Crippen molar-refractivity contribution in [3.63, 3.8) is 0 Å². The molecule has 0 rings (SSSR count). The first kappa shape index (κ1) is 27.9. The quantitative estimate of drug-likeness (QED) is 0.186. The van der Waals surface area contributed by atoms with Gasteiger partial charge in [-0.05, 0) is 12.8 Å². The van der Waals surface area contributed by atoms with E-state index in [1.54, 1.807) is 0 Å². The van der Waals surface area contributed by atoms with E-state index in [2.05, 4.69) is 6.92 Å². The van der Waals surface area contributed by atoms with Crippen LogP contribution in [-0.4, -0.2) is 21.7 Å². The van der Waals surface area contributed by atoms with E-state index in [1.165, 1.54) is 83.5 Å². The molecule has 0 heterocycles. The molecule has 0 saturated carbocycles. The number of hydrogen-bond acceptors (Lipinski definition) is 2. The van der Waals surface area contributed by atoms with Crippen molar-refractivity contribution < 1.29 is 15.0 Å². The molecule has 158 valence electrons. The average molecular weight is 393 g/mol. The lowest BCUT2D eigenvalue weighted by molar-refractivity contribution is -0.137. The summed E-state index contributed by atoms with van der Waals surface area (Å²) in [6, 6.07) is 0. The largest absolute Gasteiger partial charge is 0.481 e. The molecule has 1 atom stereocenters. The number of aliphatic hydroxyl groups is 1. The molecule has 0 aliphatic heterocycles. The number of alkyl halides is 1. The maximum Gasteiger partial charge on any atom is 0.303 e. The summed E-state index contributed by atoms with van der Waals surface area (Å²) in [5.74, 6) is -0.653. The topological polar surface area (TPSA) is 57.5 Å². The van der Waals surface area contributed by atoms with Crippen LogP contribution in [0.5, 0.6) is 0 Å². The Hall–Kier alpha value is -0.280. The maximum atomic E-state index is 10.3. The summed E-state index contributed by atoms with van der Waals surface area (Å²) in [6.07, 6.45) is 21.8. The second-order valence-electron chi connectivity index (χ2n) is 7.32. The molecule has 0 aromatic carbocycles. The van der Waals surface area contributed by atoms with E-state index in [-0.39, 0.29) is 0 Å². The van der Waals surface area contributed by atoms with Crippen LogP contribution in [0.25, 0.3) is 0 Å². The fraction of sp³-hybridized carbons (Fsp3) is 0.955. The van der Waals surface area contributed by atoms with E-state index in [9.17, 15) is 4.79 Å². The number of unbranched alkanes of at least 4 members (excludes halogenated alkanes) is 14. The van der Waals surface area contributed by atoms with Gasteiger partial charge in [-0.3, -0.25) is 4.79 Å². The number of carboxylic acids is 1. The van der Waals surface area contributed by atoms with E-state index < -0.39 is 11.5 Å². The summed E-state index contributed by atoms with van der Waals surface area (Å²) in [4.78, 5) is 10.3. The lowest BCUT2D eigenvalue weighted by Gasteiger charge is -2.03. The highest BCUT2D eigenvalue weighted by Crippen LogP contribution is 2.13. The Balaban J connectivity index is 0. The molecule has 0 radical (unpaired) electrons. The Labute approximate surface area is 167 Å². The first-order chi connectivity index (χ1) is 12.5. The summed E-state index contributed by atoms with van der Waals surface area (Å²) in [5, 5.41) is 16.8. The van der Waals surface area contributed by atoms with Crippen molar-refractivity contribution in [3.8, 4) is 0 Å².